The van der Waals surface area contributed by atoms with E-state index in [9.17, 15) is 4.79 Å². The van der Waals surface area contributed by atoms with E-state index in [1.807, 2.05) is 0 Å². The molecule has 1 fully saturated rings. The summed E-state index contributed by atoms with van der Waals surface area (Å²) in [6.45, 7) is 3.09. The summed E-state index contributed by atoms with van der Waals surface area (Å²) in [6, 6.07) is 6.96. The third-order valence-electron chi connectivity index (χ3n) is 3.42. The van der Waals surface area contributed by atoms with Crippen LogP contribution in [-0.2, 0) is 9.53 Å². The van der Waals surface area contributed by atoms with Gasteiger partial charge in [0.2, 0.25) is 0 Å². The second kappa shape index (κ2) is 7.64. The van der Waals surface area contributed by atoms with Crippen molar-refractivity contribution in [3.63, 3.8) is 0 Å². The molecule has 21 heavy (non-hydrogen) atoms. The second-order valence-electron chi connectivity index (χ2n) is 5.27. The summed E-state index contributed by atoms with van der Waals surface area (Å²) in [7, 11) is 3.83. The van der Waals surface area contributed by atoms with Crippen LogP contribution in [0.15, 0.2) is 24.3 Å². The molecular formula is C15H21ClN2O3. The standard InChI is InChI=1S/C15H21ClN2O3/c1-17-7-8-20-14(9-17)10-18(2)15(19)11-21-13-5-3-12(16)4-6-13/h3-6,14H,7-11H2,1-2H3. The van der Waals surface area contributed by atoms with E-state index >= 15 is 0 Å². The number of likely N-dealkylation sites (N-methyl/N-ethyl adjacent to an activating group) is 2. The number of carbonyl (C=O) groups excluding carboxylic acids is 1. The van der Waals surface area contributed by atoms with E-state index < -0.39 is 0 Å². The maximum atomic E-state index is 12.0. The first-order valence-corrected chi connectivity index (χ1v) is 7.35. The van der Waals surface area contributed by atoms with Crippen LogP contribution in [0.1, 0.15) is 0 Å². The molecule has 1 amide bonds. The van der Waals surface area contributed by atoms with Crippen molar-refractivity contribution in [1.29, 1.82) is 0 Å². The third-order valence-corrected chi connectivity index (χ3v) is 3.67. The van der Waals surface area contributed by atoms with Gasteiger partial charge >= 0.3 is 0 Å². The fourth-order valence-electron chi connectivity index (χ4n) is 2.17. The quantitative estimate of drug-likeness (QED) is 0.826. The molecule has 116 valence electrons. The molecule has 0 spiro atoms. The number of rotatable bonds is 5. The predicted octanol–water partition coefficient (Wildman–Crippen LogP) is 1.51. The average Bonchev–Trinajstić information content (AvgIpc) is 2.46. The molecule has 1 unspecified atom stereocenters. The van der Waals surface area contributed by atoms with E-state index in [1.54, 1.807) is 36.2 Å². The zero-order chi connectivity index (χ0) is 15.2. The van der Waals surface area contributed by atoms with E-state index in [2.05, 4.69) is 11.9 Å². The Morgan fingerprint density at radius 2 is 2.19 bits per heavy atom. The van der Waals surface area contributed by atoms with Gasteiger partial charge in [-0.15, -0.1) is 0 Å². The van der Waals surface area contributed by atoms with Crippen LogP contribution in [0, 0.1) is 0 Å². The van der Waals surface area contributed by atoms with Gasteiger partial charge in [0.15, 0.2) is 6.61 Å². The highest BCUT2D eigenvalue weighted by Crippen LogP contribution is 2.15. The molecule has 6 heteroatoms. The zero-order valence-electron chi connectivity index (χ0n) is 12.4. The molecule has 0 radical (unpaired) electrons. The summed E-state index contributed by atoms with van der Waals surface area (Å²) in [4.78, 5) is 15.9. The first-order chi connectivity index (χ1) is 10.0. The number of nitrogens with zero attached hydrogens (tertiary/aromatic N) is 2. The second-order valence-corrected chi connectivity index (χ2v) is 5.71. The van der Waals surface area contributed by atoms with Gasteiger partial charge in [0.25, 0.3) is 5.91 Å². The van der Waals surface area contributed by atoms with Gasteiger partial charge in [-0.1, -0.05) is 11.6 Å². The first-order valence-electron chi connectivity index (χ1n) is 6.97. The number of amides is 1. The number of morpholine rings is 1. The first kappa shape index (κ1) is 16.1. The maximum Gasteiger partial charge on any atom is 0.260 e. The predicted molar refractivity (Wildman–Crippen MR) is 81.8 cm³/mol. The Morgan fingerprint density at radius 1 is 1.48 bits per heavy atom. The molecule has 1 aromatic rings. The van der Waals surface area contributed by atoms with E-state index in [4.69, 9.17) is 21.1 Å². The van der Waals surface area contributed by atoms with Gasteiger partial charge < -0.3 is 19.3 Å². The number of hydrogen-bond acceptors (Lipinski definition) is 4. The molecular weight excluding hydrogens is 292 g/mol. The van der Waals surface area contributed by atoms with Gasteiger partial charge in [-0.2, -0.15) is 0 Å². The van der Waals surface area contributed by atoms with E-state index in [1.165, 1.54) is 0 Å². The van der Waals surface area contributed by atoms with Crippen molar-refractivity contribution in [2.24, 2.45) is 0 Å². The van der Waals surface area contributed by atoms with Gasteiger partial charge in [0.1, 0.15) is 5.75 Å². The van der Waals surface area contributed by atoms with Crippen LogP contribution in [0.5, 0.6) is 5.75 Å². The fourth-order valence-corrected chi connectivity index (χ4v) is 2.30. The Bertz CT molecular complexity index is 466. The molecule has 1 aliphatic heterocycles. The Hall–Kier alpha value is -1.30. The smallest absolute Gasteiger partial charge is 0.260 e. The van der Waals surface area contributed by atoms with Crippen molar-refractivity contribution in [3.8, 4) is 5.75 Å². The summed E-state index contributed by atoms with van der Waals surface area (Å²) < 4.78 is 11.1. The lowest BCUT2D eigenvalue weighted by molar-refractivity contribution is -0.135. The SMILES string of the molecule is CN1CCOC(CN(C)C(=O)COc2ccc(Cl)cc2)C1. The van der Waals surface area contributed by atoms with Crippen LogP contribution in [0.4, 0.5) is 0 Å². The van der Waals surface area contributed by atoms with Crippen LogP contribution in [0.2, 0.25) is 5.02 Å². The molecule has 2 rings (SSSR count). The number of hydrogen-bond donors (Lipinski definition) is 0. The number of halogens is 1. The molecule has 0 bridgehead atoms. The fraction of sp³-hybridized carbons (Fsp3) is 0.533. The summed E-state index contributed by atoms with van der Waals surface area (Å²) in [5.74, 6) is 0.566. The van der Waals surface area contributed by atoms with Crippen LogP contribution < -0.4 is 4.74 Å². The summed E-state index contributed by atoms with van der Waals surface area (Å²) >= 11 is 5.80. The third kappa shape index (κ3) is 5.19. The molecule has 0 aliphatic carbocycles. The molecule has 1 atom stereocenters. The van der Waals surface area contributed by atoms with E-state index in [0.29, 0.717) is 23.9 Å². The topological polar surface area (TPSA) is 42.0 Å². The van der Waals surface area contributed by atoms with Gasteiger partial charge in [0.05, 0.1) is 12.7 Å². The maximum absolute atomic E-state index is 12.0. The van der Waals surface area contributed by atoms with Gasteiger partial charge in [-0.05, 0) is 31.3 Å². The molecule has 0 N–H and O–H groups in total. The largest absolute Gasteiger partial charge is 0.484 e. The molecule has 0 aromatic heterocycles. The lowest BCUT2D eigenvalue weighted by atomic mass is 10.2. The molecule has 5 nitrogen and oxygen atoms in total. The molecule has 0 saturated carbocycles. The zero-order valence-corrected chi connectivity index (χ0v) is 13.2. The van der Waals surface area contributed by atoms with E-state index in [-0.39, 0.29) is 18.6 Å². The minimum Gasteiger partial charge on any atom is -0.484 e. The monoisotopic (exact) mass is 312 g/mol. The van der Waals surface area contributed by atoms with Crippen LogP contribution >= 0.6 is 11.6 Å². The van der Waals surface area contributed by atoms with E-state index in [0.717, 1.165) is 13.1 Å². The van der Waals surface area contributed by atoms with Gasteiger partial charge in [-0.25, -0.2) is 0 Å². The number of ether oxygens (including phenoxy) is 2. The van der Waals surface area contributed by atoms with Gasteiger partial charge in [-0.3, -0.25) is 4.79 Å². The summed E-state index contributed by atoms with van der Waals surface area (Å²) in [5.41, 5.74) is 0. The summed E-state index contributed by atoms with van der Waals surface area (Å²) in [5, 5.41) is 0.643. The highest BCUT2D eigenvalue weighted by molar-refractivity contribution is 6.30. The summed E-state index contributed by atoms with van der Waals surface area (Å²) in [6.07, 6.45) is 0.0632. The Morgan fingerprint density at radius 3 is 2.86 bits per heavy atom. The molecule has 1 heterocycles. The Kier molecular flexibility index (Phi) is 5.85. The highest BCUT2D eigenvalue weighted by atomic mass is 35.5. The lowest BCUT2D eigenvalue weighted by Crippen LogP contribution is -2.47. The van der Waals surface area contributed by atoms with Gasteiger partial charge in [0, 0.05) is 31.7 Å². The average molecular weight is 313 g/mol. The van der Waals surface area contributed by atoms with Crippen molar-refractivity contribution >= 4 is 17.5 Å². The van der Waals surface area contributed by atoms with Crippen molar-refractivity contribution < 1.29 is 14.3 Å². The lowest BCUT2D eigenvalue weighted by Gasteiger charge is -2.32. The number of carbonyl (C=O) groups is 1. The van der Waals surface area contributed by atoms with Crippen LogP contribution in [-0.4, -0.2) is 68.8 Å². The van der Waals surface area contributed by atoms with Crippen molar-refractivity contribution in [2.45, 2.75) is 6.10 Å². The minimum atomic E-state index is -0.0678. The van der Waals surface area contributed by atoms with Crippen molar-refractivity contribution in [3.05, 3.63) is 29.3 Å². The molecule has 1 aromatic carbocycles. The van der Waals surface area contributed by atoms with Crippen LogP contribution in [0.25, 0.3) is 0 Å². The Balaban J connectivity index is 1.75. The molecule has 1 aliphatic rings. The van der Waals surface area contributed by atoms with Crippen molar-refractivity contribution in [2.75, 3.05) is 46.9 Å². The highest BCUT2D eigenvalue weighted by Gasteiger charge is 2.21. The molecule has 1 saturated heterocycles. The Labute approximate surface area is 130 Å². The normalized spacial score (nSPS) is 19.3. The number of benzene rings is 1. The van der Waals surface area contributed by atoms with Crippen molar-refractivity contribution in [1.82, 2.24) is 9.80 Å². The van der Waals surface area contributed by atoms with Crippen LogP contribution in [0.3, 0.4) is 0 Å². The minimum absolute atomic E-state index is 0.0146.